The molecule has 0 aliphatic heterocycles. The highest BCUT2D eigenvalue weighted by Gasteiger charge is 2.09. The topological polar surface area (TPSA) is 43.6 Å². The summed E-state index contributed by atoms with van der Waals surface area (Å²) >= 11 is 1.71. The molecular weight excluding hydrogens is 316 g/mol. The van der Waals surface area contributed by atoms with Gasteiger partial charge in [0.2, 0.25) is 0 Å². The molecule has 24 heavy (non-hydrogen) atoms. The van der Waals surface area contributed by atoms with E-state index in [1.807, 2.05) is 36.8 Å². The van der Waals surface area contributed by atoms with Gasteiger partial charge in [-0.1, -0.05) is 30.3 Å². The number of thiazole rings is 1. The fourth-order valence-electron chi connectivity index (χ4n) is 2.64. The van der Waals surface area contributed by atoms with Crippen LogP contribution in [0.15, 0.2) is 72.6 Å². The van der Waals surface area contributed by atoms with Gasteiger partial charge in [-0.15, -0.1) is 11.3 Å². The number of nitrogens with zero attached hydrogens (tertiary/aromatic N) is 4. The van der Waals surface area contributed by atoms with Crippen molar-refractivity contribution in [3.8, 4) is 11.4 Å². The number of pyridine rings is 1. The van der Waals surface area contributed by atoms with Gasteiger partial charge < -0.3 is 4.57 Å². The number of benzene rings is 1. The van der Waals surface area contributed by atoms with Crippen LogP contribution in [-0.2, 0) is 13.0 Å². The van der Waals surface area contributed by atoms with Crippen LogP contribution in [0.25, 0.3) is 11.4 Å². The third-order valence-electron chi connectivity index (χ3n) is 3.77. The fourth-order valence-corrected chi connectivity index (χ4v) is 3.46. The Morgan fingerprint density at radius 1 is 1.00 bits per heavy atom. The van der Waals surface area contributed by atoms with E-state index >= 15 is 0 Å². The lowest BCUT2D eigenvalue weighted by Crippen LogP contribution is -2.02. The van der Waals surface area contributed by atoms with E-state index in [4.69, 9.17) is 4.98 Å². The highest BCUT2D eigenvalue weighted by atomic mass is 32.1. The van der Waals surface area contributed by atoms with E-state index in [9.17, 15) is 0 Å². The molecule has 0 saturated heterocycles. The molecule has 4 rings (SSSR count). The lowest BCUT2D eigenvalue weighted by molar-refractivity contribution is 0.783. The first kappa shape index (κ1) is 14.8. The summed E-state index contributed by atoms with van der Waals surface area (Å²) in [5, 5.41) is 3.27. The molecule has 0 fully saturated rings. The van der Waals surface area contributed by atoms with Crippen molar-refractivity contribution in [2.45, 2.75) is 13.0 Å². The number of aromatic nitrogens is 4. The van der Waals surface area contributed by atoms with E-state index in [2.05, 4.69) is 44.2 Å². The van der Waals surface area contributed by atoms with Crippen molar-refractivity contribution in [3.05, 3.63) is 88.9 Å². The molecule has 1 aromatic carbocycles. The van der Waals surface area contributed by atoms with Gasteiger partial charge in [0.05, 0.1) is 17.2 Å². The van der Waals surface area contributed by atoms with Gasteiger partial charge in [-0.2, -0.15) is 0 Å². The number of hydrogen-bond donors (Lipinski definition) is 0. The molecule has 0 amide bonds. The van der Waals surface area contributed by atoms with Gasteiger partial charge in [0, 0.05) is 42.2 Å². The summed E-state index contributed by atoms with van der Waals surface area (Å²) in [4.78, 5) is 13.4. The van der Waals surface area contributed by atoms with Crippen molar-refractivity contribution in [1.82, 2.24) is 19.5 Å². The molecule has 0 unspecified atom stereocenters. The molecule has 0 spiro atoms. The summed E-state index contributed by atoms with van der Waals surface area (Å²) < 4.78 is 2.11. The normalized spacial score (nSPS) is 10.8. The van der Waals surface area contributed by atoms with Crippen LogP contribution < -0.4 is 0 Å². The van der Waals surface area contributed by atoms with Gasteiger partial charge in [-0.3, -0.25) is 4.98 Å². The number of rotatable bonds is 5. The van der Waals surface area contributed by atoms with Crippen molar-refractivity contribution in [3.63, 3.8) is 0 Å². The zero-order valence-electron chi connectivity index (χ0n) is 13.0. The second kappa shape index (κ2) is 6.76. The molecule has 5 heteroatoms. The maximum Gasteiger partial charge on any atom is 0.141 e. The van der Waals surface area contributed by atoms with Crippen LogP contribution in [0.1, 0.15) is 16.3 Å². The monoisotopic (exact) mass is 332 g/mol. The molecule has 0 radical (unpaired) electrons. The molecule has 0 atom stereocenters. The maximum atomic E-state index is 4.77. The first-order valence-electron chi connectivity index (χ1n) is 7.77. The lowest BCUT2D eigenvalue weighted by Gasteiger charge is -2.05. The Labute approximate surface area is 144 Å². The van der Waals surface area contributed by atoms with Crippen LogP contribution in [0.5, 0.6) is 0 Å². The van der Waals surface area contributed by atoms with Gasteiger partial charge in [-0.25, -0.2) is 9.97 Å². The van der Waals surface area contributed by atoms with E-state index in [1.165, 1.54) is 5.56 Å². The standard InChI is InChI=1S/C19H16N4S/c1-2-5-15(6-3-1)11-18-22-17(14-24-18)13-23-10-9-21-19(23)16-7-4-8-20-12-16/h1-10,12,14H,11,13H2. The number of imidazole rings is 1. The molecular formula is C19H16N4S. The fraction of sp³-hybridized carbons (Fsp3) is 0.105. The Hall–Kier alpha value is -2.79. The third kappa shape index (κ3) is 3.26. The highest BCUT2D eigenvalue weighted by Crippen LogP contribution is 2.19. The van der Waals surface area contributed by atoms with E-state index in [0.717, 1.165) is 35.1 Å². The minimum atomic E-state index is 0.718. The maximum absolute atomic E-state index is 4.77. The Bertz CT molecular complexity index is 913. The summed E-state index contributed by atoms with van der Waals surface area (Å²) in [5.74, 6) is 0.917. The van der Waals surface area contributed by atoms with Gasteiger partial charge in [0.1, 0.15) is 5.82 Å². The van der Waals surface area contributed by atoms with Gasteiger partial charge in [-0.05, 0) is 17.7 Å². The van der Waals surface area contributed by atoms with Crippen molar-refractivity contribution in [1.29, 1.82) is 0 Å². The first-order valence-corrected chi connectivity index (χ1v) is 8.65. The Morgan fingerprint density at radius 2 is 1.92 bits per heavy atom. The quantitative estimate of drug-likeness (QED) is 0.554. The molecule has 0 bridgehead atoms. The van der Waals surface area contributed by atoms with Crippen LogP contribution in [-0.4, -0.2) is 19.5 Å². The predicted molar refractivity (Wildman–Crippen MR) is 95.9 cm³/mol. The van der Waals surface area contributed by atoms with E-state index in [0.29, 0.717) is 0 Å². The second-order valence-electron chi connectivity index (χ2n) is 5.52. The molecule has 4 aromatic rings. The van der Waals surface area contributed by atoms with Crippen LogP contribution in [0.2, 0.25) is 0 Å². The van der Waals surface area contributed by atoms with Crippen LogP contribution in [0.4, 0.5) is 0 Å². The molecule has 0 N–H and O–H groups in total. The van der Waals surface area contributed by atoms with Crippen LogP contribution in [0, 0.1) is 0 Å². The van der Waals surface area contributed by atoms with Crippen LogP contribution in [0.3, 0.4) is 0 Å². The summed E-state index contributed by atoms with van der Waals surface area (Å²) in [5.41, 5.74) is 3.37. The summed E-state index contributed by atoms with van der Waals surface area (Å²) in [7, 11) is 0. The second-order valence-corrected chi connectivity index (χ2v) is 6.46. The predicted octanol–water partition coefficient (Wildman–Crippen LogP) is 4.04. The Kier molecular flexibility index (Phi) is 4.16. The minimum absolute atomic E-state index is 0.718. The lowest BCUT2D eigenvalue weighted by atomic mass is 10.2. The van der Waals surface area contributed by atoms with Crippen LogP contribution >= 0.6 is 11.3 Å². The average molecular weight is 332 g/mol. The van der Waals surface area contributed by atoms with Crippen molar-refractivity contribution in [2.75, 3.05) is 0 Å². The summed E-state index contributed by atoms with van der Waals surface area (Å²) in [6, 6.07) is 14.4. The molecule has 0 saturated carbocycles. The van der Waals surface area contributed by atoms with E-state index < -0.39 is 0 Å². The zero-order chi connectivity index (χ0) is 16.2. The number of hydrogen-bond acceptors (Lipinski definition) is 4. The molecule has 0 aliphatic rings. The van der Waals surface area contributed by atoms with Gasteiger partial charge in [0.25, 0.3) is 0 Å². The smallest absolute Gasteiger partial charge is 0.141 e. The van der Waals surface area contributed by atoms with Gasteiger partial charge in [0.15, 0.2) is 0 Å². The van der Waals surface area contributed by atoms with Crippen molar-refractivity contribution in [2.24, 2.45) is 0 Å². The average Bonchev–Trinajstić information content (AvgIpc) is 3.27. The Balaban J connectivity index is 1.52. The minimum Gasteiger partial charge on any atom is -0.325 e. The van der Waals surface area contributed by atoms with Gasteiger partial charge >= 0.3 is 0 Å². The molecule has 3 aromatic heterocycles. The van der Waals surface area contributed by atoms with Crippen molar-refractivity contribution >= 4 is 11.3 Å². The summed E-state index contributed by atoms with van der Waals surface area (Å²) in [6.07, 6.45) is 8.29. The first-order chi connectivity index (χ1) is 11.9. The Morgan fingerprint density at radius 3 is 2.75 bits per heavy atom. The molecule has 4 nitrogen and oxygen atoms in total. The van der Waals surface area contributed by atoms with E-state index in [1.54, 1.807) is 17.5 Å². The summed E-state index contributed by atoms with van der Waals surface area (Å²) in [6.45, 7) is 0.718. The SMILES string of the molecule is c1ccc(Cc2nc(Cn3ccnc3-c3cccnc3)cs2)cc1. The van der Waals surface area contributed by atoms with E-state index in [-0.39, 0.29) is 0 Å². The molecule has 0 aliphatic carbocycles. The molecule has 3 heterocycles. The van der Waals surface area contributed by atoms with Crippen molar-refractivity contribution < 1.29 is 0 Å². The highest BCUT2D eigenvalue weighted by molar-refractivity contribution is 7.09. The zero-order valence-corrected chi connectivity index (χ0v) is 13.9. The molecule has 118 valence electrons. The largest absolute Gasteiger partial charge is 0.325 e. The third-order valence-corrected chi connectivity index (χ3v) is 4.66.